The van der Waals surface area contributed by atoms with Crippen LogP contribution in [-0.2, 0) is 9.53 Å². The third-order valence-corrected chi connectivity index (χ3v) is 2.78. The van der Waals surface area contributed by atoms with Gasteiger partial charge in [0.15, 0.2) is 5.78 Å². The molecule has 0 rings (SSSR count). The number of aliphatic hydroxyl groups excluding tert-OH is 1. The summed E-state index contributed by atoms with van der Waals surface area (Å²) >= 11 is 0. The van der Waals surface area contributed by atoms with Gasteiger partial charge in [0.1, 0.15) is 5.60 Å². The summed E-state index contributed by atoms with van der Waals surface area (Å²) in [5.41, 5.74) is -1.49. The lowest BCUT2D eigenvalue weighted by atomic mass is 9.82. The smallest absolute Gasteiger partial charge is 0.408 e. The van der Waals surface area contributed by atoms with Gasteiger partial charge in [0.05, 0.1) is 12.6 Å². The molecule has 0 saturated heterocycles. The second-order valence-corrected chi connectivity index (χ2v) is 7.23. The molecule has 0 radical (unpaired) electrons. The molecule has 0 heterocycles. The Kier molecular flexibility index (Phi) is 6.68. The van der Waals surface area contributed by atoms with E-state index in [4.69, 9.17) is 4.74 Å². The number of amides is 1. The molecule has 0 fully saturated rings. The van der Waals surface area contributed by atoms with Gasteiger partial charge in [-0.25, -0.2) is 4.79 Å². The highest BCUT2D eigenvalue weighted by Crippen LogP contribution is 2.21. The van der Waals surface area contributed by atoms with Crippen LogP contribution in [0.4, 0.5) is 4.79 Å². The average Bonchev–Trinajstić information content (AvgIpc) is 2.23. The number of hydrogen-bond donors (Lipinski definition) is 2. The van der Waals surface area contributed by atoms with E-state index in [1.807, 2.05) is 13.8 Å². The lowest BCUT2D eigenvalue weighted by Crippen LogP contribution is -2.49. The number of carbonyl (C=O) groups excluding carboxylic acids is 2. The van der Waals surface area contributed by atoms with Crippen molar-refractivity contribution in [2.24, 2.45) is 11.3 Å². The van der Waals surface area contributed by atoms with Gasteiger partial charge in [-0.05, 0) is 33.1 Å². The van der Waals surface area contributed by atoms with Gasteiger partial charge in [-0.3, -0.25) is 4.79 Å². The van der Waals surface area contributed by atoms with Crippen LogP contribution in [0.15, 0.2) is 0 Å². The molecule has 0 spiro atoms. The van der Waals surface area contributed by atoms with Gasteiger partial charge >= 0.3 is 6.09 Å². The highest BCUT2D eigenvalue weighted by Gasteiger charge is 2.35. The molecule has 118 valence electrons. The van der Waals surface area contributed by atoms with E-state index >= 15 is 0 Å². The molecule has 5 heteroatoms. The number of ketones is 1. The van der Waals surface area contributed by atoms with Crippen LogP contribution in [0.2, 0.25) is 0 Å². The fourth-order valence-electron chi connectivity index (χ4n) is 1.70. The summed E-state index contributed by atoms with van der Waals surface area (Å²) in [7, 11) is 0. The van der Waals surface area contributed by atoms with Crippen molar-refractivity contribution in [3.63, 3.8) is 0 Å². The molecular formula is C15H29NO4. The Morgan fingerprint density at radius 1 is 1.15 bits per heavy atom. The van der Waals surface area contributed by atoms with Gasteiger partial charge in [-0.2, -0.15) is 0 Å². The van der Waals surface area contributed by atoms with Crippen LogP contribution in [0, 0.1) is 11.3 Å². The zero-order chi connectivity index (χ0) is 16.1. The van der Waals surface area contributed by atoms with Crippen molar-refractivity contribution < 1.29 is 19.4 Å². The largest absolute Gasteiger partial charge is 0.444 e. The fraction of sp³-hybridized carbons (Fsp3) is 0.867. The van der Waals surface area contributed by atoms with E-state index in [0.717, 1.165) is 0 Å². The van der Waals surface area contributed by atoms with Crippen LogP contribution < -0.4 is 5.32 Å². The maximum atomic E-state index is 12.4. The first-order chi connectivity index (χ1) is 8.89. The Bertz CT molecular complexity index is 342. The molecule has 0 unspecified atom stereocenters. The predicted octanol–water partition coefficient (Wildman–Crippen LogP) is 2.51. The number of alkyl carbamates (subject to hydrolysis) is 1. The van der Waals surface area contributed by atoms with Crippen molar-refractivity contribution in [1.82, 2.24) is 5.32 Å². The highest BCUT2D eigenvalue weighted by atomic mass is 16.6. The van der Waals surface area contributed by atoms with E-state index in [2.05, 4.69) is 5.32 Å². The molecule has 5 nitrogen and oxygen atoms in total. The van der Waals surface area contributed by atoms with Crippen LogP contribution in [0.25, 0.3) is 0 Å². The molecule has 0 aromatic heterocycles. The first-order valence-corrected chi connectivity index (χ1v) is 7.03. The minimum Gasteiger partial charge on any atom is -0.444 e. The third-order valence-electron chi connectivity index (χ3n) is 2.78. The molecule has 0 bridgehead atoms. The Labute approximate surface area is 122 Å². The van der Waals surface area contributed by atoms with Gasteiger partial charge in [0, 0.05) is 5.41 Å². The average molecular weight is 287 g/mol. The second kappa shape index (κ2) is 7.07. The summed E-state index contributed by atoms with van der Waals surface area (Å²) in [6, 6.07) is -0.646. The summed E-state index contributed by atoms with van der Waals surface area (Å²) in [6.45, 7) is 12.3. The quantitative estimate of drug-likeness (QED) is 0.787. The molecule has 0 aliphatic heterocycles. The first kappa shape index (κ1) is 18.9. The topological polar surface area (TPSA) is 75.6 Å². The van der Waals surface area contributed by atoms with Gasteiger partial charge in [-0.1, -0.05) is 27.7 Å². The fourth-order valence-corrected chi connectivity index (χ4v) is 1.70. The molecule has 1 atom stereocenters. The number of Topliss-reactive ketones (excluding diaryl/α,β-unsaturated/α-hetero) is 1. The SMILES string of the molecule is CC(C)C[C@H](NC(=O)OC(C)(C)C)C(=O)C(C)(C)CO. The molecule has 20 heavy (non-hydrogen) atoms. The first-order valence-electron chi connectivity index (χ1n) is 7.03. The highest BCUT2D eigenvalue weighted by molar-refractivity contribution is 5.91. The van der Waals surface area contributed by atoms with E-state index in [1.165, 1.54) is 0 Å². The molecule has 0 aliphatic carbocycles. The molecule has 0 aromatic rings. The van der Waals surface area contributed by atoms with E-state index in [1.54, 1.807) is 34.6 Å². The number of aliphatic hydroxyl groups is 1. The number of carbonyl (C=O) groups is 2. The third kappa shape index (κ3) is 6.89. The zero-order valence-corrected chi connectivity index (χ0v) is 13.7. The van der Waals surface area contributed by atoms with Crippen molar-refractivity contribution in [1.29, 1.82) is 0 Å². The van der Waals surface area contributed by atoms with Crippen molar-refractivity contribution in [2.75, 3.05) is 6.61 Å². The van der Waals surface area contributed by atoms with E-state index in [0.29, 0.717) is 6.42 Å². The summed E-state index contributed by atoms with van der Waals surface area (Å²) in [5, 5.41) is 11.9. The lowest BCUT2D eigenvalue weighted by Gasteiger charge is -2.29. The summed E-state index contributed by atoms with van der Waals surface area (Å²) in [6.07, 6.45) is -0.0909. The van der Waals surface area contributed by atoms with Crippen LogP contribution in [0.3, 0.4) is 0 Å². The van der Waals surface area contributed by atoms with Crippen molar-refractivity contribution in [2.45, 2.75) is 66.5 Å². The van der Waals surface area contributed by atoms with Crippen LogP contribution in [-0.4, -0.2) is 35.2 Å². The van der Waals surface area contributed by atoms with Crippen LogP contribution in [0.1, 0.15) is 54.9 Å². The molecular weight excluding hydrogens is 258 g/mol. The normalized spacial score (nSPS) is 14.1. The predicted molar refractivity (Wildman–Crippen MR) is 78.5 cm³/mol. The van der Waals surface area contributed by atoms with Gasteiger partial charge in [-0.15, -0.1) is 0 Å². The number of ether oxygens (including phenoxy) is 1. The summed E-state index contributed by atoms with van der Waals surface area (Å²) in [5.74, 6) is 0.0629. The van der Waals surface area contributed by atoms with Gasteiger partial charge in [0.25, 0.3) is 0 Å². The maximum absolute atomic E-state index is 12.4. The molecule has 0 aliphatic rings. The molecule has 1 amide bonds. The van der Waals surface area contributed by atoms with E-state index in [-0.39, 0.29) is 18.3 Å². The van der Waals surface area contributed by atoms with Gasteiger partial charge < -0.3 is 15.2 Å². The standard InChI is InChI=1S/C15H29NO4/c1-10(2)8-11(12(18)15(6,7)9-17)16-13(19)20-14(3,4)5/h10-11,17H,8-9H2,1-7H3,(H,16,19)/t11-/m0/s1. The number of rotatable bonds is 6. The van der Waals surface area contributed by atoms with Crippen molar-refractivity contribution in [3.05, 3.63) is 0 Å². The maximum Gasteiger partial charge on any atom is 0.408 e. The summed E-state index contributed by atoms with van der Waals surface area (Å²) < 4.78 is 5.18. The van der Waals surface area contributed by atoms with Crippen LogP contribution in [0.5, 0.6) is 0 Å². The van der Waals surface area contributed by atoms with E-state index < -0.39 is 23.2 Å². The minimum atomic E-state index is -0.880. The Balaban J connectivity index is 4.91. The van der Waals surface area contributed by atoms with Crippen molar-refractivity contribution in [3.8, 4) is 0 Å². The Morgan fingerprint density at radius 2 is 1.65 bits per heavy atom. The number of nitrogens with one attached hydrogen (secondary N) is 1. The van der Waals surface area contributed by atoms with E-state index in [9.17, 15) is 14.7 Å². The molecule has 0 saturated carbocycles. The minimum absolute atomic E-state index is 0.181. The molecule has 0 aromatic carbocycles. The van der Waals surface area contributed by atoms with Gasteiger partial charge in [0.2, 0.25) is 0 Å². The number of hydrogen-bond acceptors (Lipinski definition) is 4. The molecule has 2 N–H and O–H groups in total. The lowest BCUT2D eigenvalue weighted by molar-refractivity contribution is -0.131. The Hall–Kier alpha value is -1.10. The Morgan fingerprint density at radius 3 is 2.00 bits per heavy atom. The van der Waals surface area contributed by atoms with Crippen LogP contribution >= 0.6 is 0 Å². The van der Waals surface area contributed by atoms with Crippen molar-refractivity contribution >= 4 is 11.9 Å². The zero-order valence-electron chi connectivity index (χ0n) is 13.7. The monoisotopic (exact) mass is 287 g/mol. The second-order valence-electron chi connectivity index (χ2n) is 7.23. The summed E-state index contributed by atoms with van der Waals surface area (Å²) in [4.78, 5) is 24.2.